The second-order valence-corrected chi connectivity index (χ2v) is 10.7. The summed E-state index contributed by atoms with van der Waals surface area (Å²) in [5.74, 6) is -0.625. The molecule has 7 heteroatoms. The summed E-state index contributed by atoms with van der Waals surface area (Å²) in [4.78, 5) is 26.6. The second kappa shape index (κ2) is 7.96. The molecule has 0 aromatic heterocycles. The number of Topliss-reactive ketones (excluding diaryl/α,β-unsaturated/α-hetero) is 1. The van der Waals surface area contributed by atoms with E-state index in [1.165, 1.54) is 12.1 Å². The minimum absolute atomic E-state index is 0.0203. The summed E-state index contributed by atoms with van der Waals surface area (Å²) in [6.45, 7) is 7.42. The smallest absolute Gasteiger partial charge is 0.240 e. The molecule has 0 fully saturated rings. The van der Waals surface area contributed by atoms with Crippen molar-refractivity contribution in [2.24, 2.45) is 5.41 Å². The Hall–Kier alpha value is -2.51. The molecule has 0 unspecified atom stereocenters. The van der Waals surface area contributed by atoms with Crippen LogP contribution in [0.1, 0.15) is 48.7 Å². The molecule has 1 aliphatic rings. The Morgan fingerprint density at radius 2 is 1.70 bits per heavy atom. The molecule has 1 atom stereocenters. The Morgan fingerprint density at radius 1 is 1.07 bits per heavy atom. The Labute approximate surface area is 178 Å². The van der Waals surface area contributed by atoms with Crippen LogP contribution in [0.5, 0.6) is 0 Å². The number of aryl methyl sites for hydroxylation is 1. The van der Waals surface area contributed by atoms with Crippen molar-refractivity contribution in [3.8, 4) is 0 Å². The highest BCUT2D eigenvalue weighted by Crippen LogP contribution is 2.40. The SMILES string of the molecule is Cc1ccc(S(=O)(=O)NCC[C@]2(C(=O)NC(C)(C)C)Cc3ccccc3C2=O)cc1. The van der Waals surface area contributed by atoms with Crippen molar-refractivity contribution in [1.82, 2.24) is 10.0 Å². The van der Waals surface area contributed by atoms with Crippen LogP contribution in [-0.4, -0.2) is 32.2 Å². The van der Waals surface area contributed by atoms with Crippen LogP contribution in [0.4, 0.5) is 0 Å². The Morgan fingerprint density at radius 3 is 2.30 bits per heavy atom. The molecule has 0 radical (unpaired) electrons. The third-order valence-electron chi connectivity index (χ3n) is 5.29. The molecule has 2 N–H and O–H groups in total. The summed E-state index contributed by atoms with van der Waals surface area (Å²) >= 11 is 0. The number of hydrogen-bond acceptors (Lipinski definition) is 4. The van der Waals surface area contributed by atoms with Crippen molar-refractivity contribution in [3.05, 3.63) is 65.2 Å². The Kier molecular flexibility index (Phi) is 5.89. The fourth-order valence-electron chi connectivity index (χ4n) is 3.72. The summed E-state index contributed by atoms with van der Waals surface area (Å²) in [5.41, 5.74) is 0.463. The number of amides is 1. The molecule has 0 spiro atoms. The first-order chi connectivity index (χ1) is 13.9. The van der Waals surface area contributed by atoms with Crippen molar-refractivity contribution in [2.75, 3.05) is 6.54 Å². The normalized spacial score (nSPS) is 18.9. The van der Waals surface area contributed by atoms with E-state index in [1.807, 2.05) is 39.8 Å². The van der Waals surface area contributed by atoms with Crippen molar-refractivity contribution < 1.29 is 18.0 Å². The summed E-state index contributed by atoms with van der Waals surface area (Å²) in [6.07, 6.45) is 0.337. The highest BCUT2D eigenvalue weighted by Gasteiger charge is 2.51. The Bertz CT molecular complexity index is 1070. The molecule has 0 aliphatic heterocycles. The summed E-state index contributed by atoms with van der Waals surface area (Å²) < 4.78 is 27.8. The first-order valence-corrected chi connectivity index (χ1v) is 11.4. The van der Waals surface area contributed by atoms with E-state index in [2.05, 4.69) is 10.0 Å². The lowest BCUT2D eigenvalue weighted by Gasteiger charge is -2.31. The Balaban J connectivity index is 1.83. The third kappa shape index (κ3) is 4.47. The molecule has 2 aromatic rings. The van der Waals surface area contributed by atoms with Crippen LogP contribution in [0.2, 0.25) is 0 Å². The largest absolute Gasteiger partial charge is 0.351 e. The van der Waals surface area contributed by atoms with Gasteiger partial charge in [0.25, 0.3) is 0 Å². The number of carbonyl (C=O) groups excluding carboxylic acids is 2. The van der Waals surface area contributed by atoms with Gasteiger partial charge in [-0.1, -0.05) is 42.0 Å². The number of hydrogen-bond donors (Lipinski definition) is 2. The van der Waals surface area contributed by atoms with Gasteiger partial charge in [-0.15, -0.1) is 0 Å². The number of ketones is 1. The van der Waals surface area contributed by atoms with Gasteiger partial charge in [-0.2, -0.15) is 0 Å². The first kappa shape index (κ1) is 22.2. The van der Waals surface area contributed by atoms with Gasteiger partial charge < -0.3 is 5.32 Å². The lowest BCUT2D eigenvalue weighted by atomic mass is 9.78. The van der Waals surface area contributed by atoms with Crippen molar-refractivity contribution in [2.45, 2.75) is 51.0 Å². The molecular weight excluding hydrogens is 400 g/mol. The summed E-state index contributed by atoms with van der Waals surface area (Å²) in [7, 11) is -3.73. The number of benzene rings is 2. The average Bonchev–Trinajstić information content (AvgIpc) is 2.94. The lowest BCUT2D eigenvalue weighted by molar-refractivity contribution is -0.130. The predicted molar refractivity (Wildman–Crippen MR) is 116 cm³/mol. The summed E-state index contributed by atoms with van der Waals surface area (Å²) in [6, 6.07) is 13.7. The van der Waals surface area contributed by atoms with Crippen LogP contribution in [-0.2, 0) is 21.2 Å². The predicted octanol–water partition coefficient (Wildman–Crippen LogP) is 3.00. The zero-order chi connectivity index (χ0) is 22.2. The van der Waals surface area contributed by atoms with Gasteiger partial charge in [-0.25, -0.2) is 13.1 Å². The van der Waals surface area contributed by atoms with E-state index >= 15 is 0 Å². The van der Waals surface area contributed by atoms with Gasteiger partial charge >= 0.3 is 0 Å². The molecular formula is C23H28N2O4S. The van der Waals surface area contributed by atoms with E-state index in [1.54, 1.807) is 24.3 Å². The molecule has 3 rings (SSSR count). The van der Waals surface area contributed by atoms with Gasteiger partial charge in [-0.3, -0.25) is 9.59 Å². The molecule has 6 nitrogen and oxygen atoms in total. The molecule has 0 bridgehead atoms. The van der Waals surface area contributed by atoms with E-state index in [-0.39, 0.29) is 36.0 Å². The second-order valence-electron chi connectivity index (χ2n) is 8.91. The maximum Gasteiger partial charge on any atom is 0.240 e. The van der Waals surface area contributed by atoms with Gasteiger partial charge in [0.15, 0.2) is 5.78 Å². The van der Waals surface area contributed by atoms with E-state index in [0.29, 0.717) is 5.56 Å². The highest BCUT2D eigenvalue weighted by molar-refractivity contribution is 7.89. The minimum Gasteiger partial charge on any atom is -0.351 e. The van der Waals surface area contributed by atoms with Crippen LogP contribution >= 0.6 is 0 Å². The monoisotopic (exact) mass is 428 g/mol. The minimum atomic E-state index is -3.73. The molecule has 0 heterocycles. The van der Waals surface area contributed by atoms with Crippen molar-refractivity contribution in [3.63, 3.8) is 0 Å². The molecule has 0 saturated carbocycles. The van der Waals surface area contributed by atoms with Crippen LogP contribution < -0.4 is 10.0 Å². The van der Waals surface area contributed by atoms with Gasteiger partial charge in [0.1, 0.15) is 5.41 Å². The van der Waals surface area contributed by atoms with Crippen LogP contribution in [0.25, 0.3) is 0 Å². The molecule has 30 heavy (non-hydrogen) atoms. The molecule has 160 valence electrons. The molecule has 2 aromatic carbocycles. The topological polar surface area (TPSA) is 92.3 Å². The van der Waals surface area contributed by atoms with Gasteiger partial charge in [0.2, 0.25) is 15.9 Å². The maximum atomic E-state index is 13.3. The zero-order valence-electron chi connectivity index (χ0n) is 17.8. The highest BCUT2D eigenvalue weighted by atomic mass is 32.2. The van der Waals surface area contributed by atoms with E-state index in [9.17, 15) is 18.0 Å². The maximum absolute atomic E-state index is 13.3. The number of carbonyl (C=O) groups is 2. The number of rotatable bonds is 6. The fourth-order valence-corrected chi connectivity index (χ4v) is 4.75. The molecule has 0 saturated heterocycles. The number of fused-ring (bicyclic) bond motifs is 1. The van der Waals surface area contributed by atoms with Crippen LogP contribution in [0, 0.1) is 12.3 Å². The standard InChI is InChI=1S/C23H28N2O4S/c1-16-9-11-18(12-10-16)30(28,29)24-14-13-23(21(27)25-22(2,3)4)15-17-7-5-6-8-19(17)20(23)26/h5-12,24H,13-15H2,1-4H3,(H,25,27)/t23-/m0/s1. The fraction of sp³-hybridized carbons (Fsp3) is 0.391. The van der Waals surface area contributed by atoms with Gasteiger partial charge in [0, 0.05) is 17.6 Å². The first-order valence-electron chi connectivity index (χ1n) is 9.96. The van der Waals surface area contributed by atoms with Crippen molar-refractivity contribution in [1.29, 1.82) is 0 Å². The third-order valence-corrected chi connectivity index (χ3v) is 6.76. The van der Waals surface area contributed by atoms with Crippen molar-refractivity contribution >= 4 is 21.7 Å². The quantitative estimate of drug-likeness (QED) is 0.692. The van der Waals surface area contributed by atoms with E-state index < -0.39 is 21.0 Å². The van der Waals surface area contributed by atoms with Crippen LogP contribution in [0.3, 0.4) is 0 Å². The van der Waals surface area contributed by atoms with Gasteiger partial charge in [-0.05, 0) is 58.2 Å². The number of sulfonamides is 1. The van der Waals surface area contributed by atoms with E-state index in [0.717, 1.165) is 11.1 Å². The molecule has 1 amide bonds. The van der Waals surface area contributed by atoms with E-state index in [4.69, 9.17) is 0 Å². The van der Waals surface area contributed by atoms with Gasteiger partial charge in [0.05, 0.1) is 4.90 Å². The zero-order valence-corrected chi connectivity index (χ0v) is 18.6. The lowest BCUT2D eigenvalue weighted by Crippen LogP contribution is -2.52. The molecule has 1 aliphatic carbocycles. The van der Waals surface area contributed by atoms with Crippen LogP contribution in [0.15, 0.2) is 53.4 Å². The average molecular weight is 429 g/mol. The number of nitrogens with one attached hydrogen (secondary N) is 2. The summed E-state index contributed by atoms with van der Waals surface area (Å²) in [5, 5.41) is 2.92.